The van der Waals surface area contributed by atoms with Crippen molar-refractivity contribution in [1.82, 2.24) is 14.6 Å². The highest BCUT2D eigenvalue weighted by Crippen LogP contribution is 2.26. The number of carbonyl (C=O) groups is 2. The number of aromatic nitrogens is 3. The Kier molecular flexibility index (Phi) is 5.15. The van der Waals surface area contributed by atoms with Crippen LogP contribution in [-0.4, -0.2) is 40.1 Å². The fourth-order valence-corrected chi connectivity index (χ4v) is 2.57. The summed E-state index contributed by atoms with van der Waals surface area (Å²) in [5, 5.41) is 9.78. The van der Waals surface area contributed by atoms with E-state index in [9.17, 15) is 9.59 Å². The van der Waals surface area contributed by atoms with Gasteiger partial charge in [-0.25, -0.2) is 9.50 Å². The topological polar surface area (TPSA) is 97.6 Å². The summed E-state index contributed by atoms with van der Waals surface area (Å²) >= 11 is 6.16. The number of nitrogens with one attached hydrogen (secondary N) is 2. The molecule has 0 aliphatic carbocycles. The van der Waals surface area contributed by atoms with Crippen LogP contribution in [0.1, 0.15) is 15.9 Å². The first-order chi connectivity index (χ1) is 12.5. The van der Waals surface area contributed by atoms with E-state index in [1.807, 2.05) is 6.92 Å². The van der Waals surface area contributed by atoms with E-state index < -0.39 is 0 Å². The van der Waals surface area contributed by atoms with Gasteiger partial charge in [-0.1, -0.05) is 11.6 Å². The van der Waals surface area contributed by atoms with Crippen LogP contribution in [0.4, 0.5) is 11.4 Å². The number of aryl methyl sites for hydroxylation is 1. The summed E-state index contributed by atoms with van der Waals surface area (Å²) in [6, 6.07) is 4.78. The fraction of sp³-hybridized carbons (Fsp3) is 0.176. The lowest BCUT2D eigenvalue weighted by Crippen LogP contribution is -2.17. The smallest absolute Gasteiger partial charge is 0.261 e. The molecule has 3 aromatic rings. The molecule has 0 unspecified atom stereocenters. The number of halogens is 1. The number of rotatable bonds is 5. The van der Waals surface area contributed by atoms with Crippen molar-refractivity contribution in [2.45, 2.75) is 6.92 Å². The zero-order chi connectivity index (χ0) is 18.7. The zero-order valence-electron chi connectivity index (χ0n) is 14.1. The standard InChI is InChI=1S/C17H16ClN5O3/c1-10-6-19-16-12(7-20-23(16)8-10)17(25)21-11-3-4-14(13(18)5-11)22-15(24)9-26-2/h3-8H,9H2,1-2H3,(H,21,25)(H,22,24). The summed E-state index contributed by atoms with van der Waals surface area (Å²) in [6.07, 6.45) is 4.91. The maximum absolute atomic E-state index is 12.5. The molecule has 0 atom stereocenters. The third-order valence-electron chi connectivity index (χ3n) is 3.51. The quantitative estimate of drug-likeness (QED) is 0.716. The van der Waals surface area contributed by atoms with Gasteiger partial charge < -0.3 is 15.4 Å². The van der Waals surface area contributed by atoms with Gasteiger partial charge in [0, 0.05) is 25.2 Å². The second kappa shape index (κ2) is 7.51. The van der Waals surface area contributed by atoms with Crippen LogP contribution in [0.2, 0.25) is 5.02 Å². The predicted octanol–water partition coefficient (Wildman–Crippen LogP) is 2.53. The fourth-order valence-electron chi connectivity index (χ4n) is 2.34. The Bertz CT molecular complexity index is 986. The second-order valence-corrected chi connectivity index (χ2v) is 5.99. The van der Waals surface area contributed by atoms with E-state index in [-0.39, 0.29) is 18.4 Å². The minimum atomic E-state index is -0.358. The molecule has 1 aromatic carbocycles. The molecular weight excluding hydrogens is 358 g/mol. The number of fused-ring (bicyclic) bond motifs is 1. The minimum Gasteiger partial charge on any atom is -0.375 e. The van der Waals surface area contributed by atoms with Crippen LogP contribution in [0.5, 0.6) is 0 Å². The van der Waals surface area contributed by atoms with Crippen LogP contribution in [0.25, 0.3) is 5.65 Å². The van der Waals surface area contributed by atoms with Crippen LogP contribution in [0, 0.1) is 6.92 Å². The van der Waals surface area contributed by atoms with Crippen molar-refractivity contribution in [3.05, 3.63) is 52.9 Å². The number of methoxy groups -OCH3 is 1. The molecule has 0 radical (unpaired) electrons. The molecule has 2 heterocycles. The third-order valence-corrected chi connectivity index (χ3v) is 3.82. The van der Waals surface area contributed by atoms with Gasteiger partial charge in [-0.3, -0.25) is 9.59 Å². The second-order valence-electron chi connectivity index (χ2n) is 5.59. The maximum atomic E-state index is 12.5. The van der Waals surface area contributed by atoms with Crippen LogP contribution >= 0.6 is 11.6 Å². The molecule has 0 saturated carbocycles. The normalized spacial score (nSPS) is 10.7. The molecule has 0 spiro atoms. The molecule has 8 nitrogen and oxygen atoms in total. The average molecular weight is 374 g/mol. The third kappa shape index (κ3) is 3.81. The van der Waals surface area contributed by atoms with Crippen LogP contribution in [0.15, 0.2) is 36.8 Å². The van der Waals surface area contributed by atoms with Crippen molar-refractivity contribution < 1.29 is 14.3 Å². The van der Waals surface area contributed by atoms with Gasteiger partial charge in [-0.05, 0) is 30.7 Å². The molecule has 0 aliphatic rings. The molecule has 0 saturated heterocycles. The van der Waals surface area contributed by atoms with Crippen LogP contribution < -0.4 is 10.6 Å². The highest BCUT2D eigenvalue weighted by atomic mass is 35.5. The van der Waals surface area contributed by atoms with Crippen molar-refractivity contribution in [1.29, 1.82) is 0 Å². The monoisotopic (exact) mass is 373 g/mol. The minimum absolute atomic E-state index is 0.0734. The lowest BCUT2D eigenvalue weighted by Gasteiger charge is -2.09. The summed E-state index contributed by atoms with van der Waals surface area (Å²) in [7, 11) is 1.43. The molecule has 3 rings (SSSR count). The number of nitrogens with zero attached hydrogens (tertiary/aromatic N) is 3. The Hall–Kier alpha value is -2.97. The largest absolute Gasteiger partial charge is 0.375 e. The number of hydrogen-bond acceptors (Lipinski definition) is 5. The van der Waals surface area contributed by atoms with E-state index in [4.69, 9.17) is 16.3 Å². The molecule has 2 aromatic heterocycles. The van der Waals surface area contributed by atoms with Gasteiger partial charge in [0.15, 0.2) is 5.65 Å². The van der Waals surface area contributed by atoms with E-state index in [0.717, 1.165) is 5.56 Å². The Balaban J connectivity index is 1.76. The number of anilines is 2. The molecule has 0 bridgehead atoms. The highest BCUT2D eigenvalue weighted by molar-refractivity contribution is 6.34. The Morgan fingerprint density at radius 1 is 1.27 bits per heavy atom. The molecule has 26 heavy (non-hydrogen) atoms. The number of carbonyl (C=O) groups excluding carboxylic acids is 2. The van der Waals surface area contributed by atoms with Gasteiger partial charge in [0.2, 0.25) is 5.91 Å². The SMILES string of the molecule is COCC(=O)Nc1ccc(NC(=O)c2cnn3cc(C)cnc23)cc1Cl. The van der Waals surface area contributed by atoms with E-state index in [2.05, 4.69) is 20.7 Å². The highest BCUT2D eigenvalue weighted by Gasteiger charge is 2.15. The van der Waals surface area contributed by atoms with Gasteiger partial charge in [0.05, 0.1) is 16.9 Å². The van der Waals surface area contributed by atoms with E-state index >= 15 is 0 Å². The van der Waals surface area contributed by atoms with Crippen molar-refractivity contribution in [2.75, 3.05) is 24.4 Å². The van der Waals surface area contributed by atoms with Crippen molar-refractivity contribution in [2.24, 2.45) is 0 Å². The number of benzene rings is 1. The van der Waals surface area contributed by atoms with Gasteiger partial charge in [-0.2, -0.15) is 5.10 Å². The van der Waals surface area contributed by atoms with Gasteiger partial charge in [-0.15, -0.1) is 0 Å². The average Bonchev–Trinajstić information content (AvgIpc) is 3.00. The molecular formula is C17H16ClN5O3. The van der Waals surface area contributed by atoms with Crippen molar-refractivity contribution in [3.63, 3.8) is 0 Å². The van der Waals surface area contributed by atoms with Crippen LogP contribution in [0.3, 0.4) is 0 Å². The van der Waals surface area contributed by atoms with Gasteiger partial charge in [0.1, 0.15) is 12.2 Å². The first kappa shape index (κ1) is 17.8. The summed E-state index contributed by atoms with van der Waals surface area (Å²) in [4.78, 5) is 28.3. The summed E-state index contributed by atoms with van der Waals surface area (Å²) in [6.45, 7) is 1.82. The van der Waals surface area contributed by atoms with E-state index in [0.29, 0.717) is 27.6 Å². The summed E-state index contributed by atoms with van der Waals surface area (Å²) in [5.74, 6) is -0.678. The maximum Gasteiger partial charge on any atom is 0.261 e. The van der Waals surface area contributed by atoms with E-state index in [1.165, 1.54) is 13.3 Å². The Morgan fingerprint density at radius 3 is 2.81 bits per heavy atom. The lowest BCUT2D eigenvalue weighted by molar-refractivity contribution is -0.119. The van der Waals surface area contributed by atoms with Crippen LogP contribution in [-0.2, 0) is 9.53 Å². The molecule has 9 heteroatoms. The van der Waals surface area contributed by atoms with Crippen molar-refractivity contribution >= 4 is 40.4 Å². The Morgan fingerprint density at radius 2 is 2.08 bits per heavy atom. The predicted molar refractivity (Wildman–Crippen MR) is 97.6 cm³/mol. The van der Waals surface area contributed by atoms with E-state index in [1.54, 1.807) is 35.1 Å². The zero-order valence-corrected chi connectivity index (χ0v) is 14.9. The lowest BCUT2D eigenvalue weighted by atomic mass is 10.2. The van der Waals surface area contributed by atoms with Crippen molar-refractivity contribution in [3.8, 4) is 0 Å². The van der Waals surface area contributed by atoms with Gasteiger partial charge in [0.25, 0.3) is 5.91 Å². The number of ether oxygens (including phenoxy) is 1. The number of amides is 2. The number of hydrogen-bond donors (Lipinski definition) is 2. The molecule has 0 fully saturated rings. The first-order valence-electron chi connectivity index (χ1n) is 7.67. The summed E-state index contributed by atoms with van der Waals surface area (Å²) < 4.78 is 6.30. The summed E-state index contributed by atoms with van der Waals surface area (Å²) in [5.41, 5.74) is 2.66. The molecule has 2 amide bonds. The van der Waals surface area contributed by atoms with Gasteiger partial charge >= 0.3 is 0 Å². The Labute approximate surface area is 154 Å². The molecule has 134 valence electrons. The molecule has 0 aliphatic heterocycles. The molecule has 2 N–H and O–H groups in total. The first-order valence-corrected chi connectivity index (χ1v) is 8.05.